The second kappa shape index (κ2) is 13.5. The standard InChI is InChI=1S/C31H33ClN4O4S2.ClH/c1-22-9-14-26(32)29-28(22)33-31(41-29)35(16-5-15-34-18-20-40-21-19-34)30(37)24-10-12-25(13-11-24)42(38,39)36-17-4-7-23-6-2-3-8-27(23)36;/h2-3,6,8-14H,4-5,7,15-21H2,1H3;1H. The first-order valence-corrected chi connectivity index (χ1v) is 16.8. The van der Waals surface area contributed by atoms with Crippen LogP contribution in [0.2, 0.25) is 5.02 Å². The maximum atomic E-state index is 14.0. The van der Waals surface area contributed by atoms with Gasteiger partial charge in [0.1, 0.15) is 0 Å². The normalized spacial score (nSPS) is 15.6. The van der Waals surface area contributed by atoms with Crippen molar-refractivity contribution in [3.05, 3.63) is 82.4 Å². The molecule has 0 unspecified atom stereocenters. The van der Waals surface area contributed by atoms with Gasteiger partial charge in [-0.15, -0.1) is 12.4 Å². The van der Waals surface area contributed by atoms with Crippen molar-refractivity contribution in [3.8, 4) is 0 Å². The van der Waals surface area contributed by atoms with Gasteiger partial charge >= 0.3 is 0 Å². The number of fused-ring (bicyclic) bond motifs is 2. The van der Waals surface area contributed by atoms with Crippen molar-refractivity contribution in [3.63, 3.8) is 0 Å². The Morgan fingerprint density at radius 2 is 1.79 bits per heavy atom. The molecule has 1 amide bonds. The molecule has 0 aliphatic carbocycles. The average molecular weight is 662 g/mol. The SMILES string of the molecule is Cc1ccc(Cl)c2sc(N(CCCN3CCOCC3)C(=O)c3ccc(S(=O)(=O)N4CCCc5ccccc54)cc3)nc12.Cl. The molecule has 0 atom stereocenters. The first-order valence-electron chi connectivity index (χ1n) is 14.2. The Morgan fingerprint density at radius 1 is 1.05 bits per heavy atom. The zero-order valence-corrected chi connectivity index (χ0v) is 27.1. The van der Waals surface area contributed by atoms with Gasteiger partial charge in [-0.05, 0) is 73.7 Å². The number of hydrogen-bond acceptors (Lipinski definition) is 7. The Balaban J connectivity index is 0.00000368. The second-order valence-corrected chi connectivity index (χ2v) is 13.9. The highest BCUT2D eigenvalue weighted by Crippen LogP contribution is 2.37. The van der Waals surface area contributed by atoms with Crippen LogP contribution in [-0.2, 0) is 21.2 Å². The Kier molecular flexibility index (Phi) is 9.95. The molecule has 6 rings (SSSR count). The Morgan fingerprint density at radius 3 is 2.53 bits per heavy atom. The summed E-state index contributed by atoms with van der Waals surface area (Å²) in [5.74, 6) is -0.225. The van der Waals surface area contributed by atoms with Gasteiger partial charge in [-0.1, -0.05) is 47.2 Å². The van der Waals surface area contributed by atoms with Gasteiger partial charge in [0.25, 0.3) is 15.9 Å². The number of nitrogens with zero attached hydrogens (tertiary/aromatic N) is 4. The highest BCUT2D eigenvalue weighted by molar-refractivity contribution is 7.92. The molecule has 3 aromatic carbocycles. The number of rotatable bonds is 8. The van der Waals surface area contributed by atoms with E-state index in [1.165, 1.54) is 27.8 Å². The number of carbonyl (C=O) groups is 1. The van der Waals surface area contributed by atoms with E-state index in [-0.39, 0.29) is 23.2 Å². The van der Waals surface area contributed by atoms with Crippen molar-refractivity contribution in [2.24, 2.45) is 0 Å². The molecule has 0 spiro atoms. The predicted molar refractivity (Wildman–Crippen MR) is 176 cm³/mol. The van der Waals surface area contributed by atoms with Gasteiger partial charge in [-0.2, -0.15) is 0 Å². The maximum Gasteiger partial charge on any atom is 0.264 e. The minimum absolute atomic E-state index is 0. The van der Waals surface area contributed by atoms with Crippen molar-refractivity contribution in [2.75, 3.05) is 55.1 Å². The molecule has 0 radical (unpaired) electrons. The van der Waals surface area contributed by atoms with Crippen LogP contribution in [0.1, 0.15) is 34.3 Å². The third-order valence-electron chi connectivity index (χ3n) is 7.88. The quantitative estimate of drug-likeness (QED) is 0.224. The van der Waals surface area contributed by atoms with E-state index in [1.54, 1.807) is 17.0 Å². The first kappa shape index (κ1) is 31.7. The van der Waals surface area contributed by atoms with Crippen molar-refractivity contribution in [2.45, 2.75) is 31.1 Å². The molecule has 0 N–H and O–H groups in total. The van der Waals surface area contributed by atoms with Crippen LogP contribution < -0.4 is 9.21 Å². The number of aryl methyl sites for hydroxylation is 2. The molecule has 1 saturated heterocycles. The molecule has 1 aromatic heterocycles. The summed E-state index contributed by atoms with van der Waals surface area (Å²) in [6.45, 7) is 6.91. The third kappa shape index (κ3) is 6.55. The van der Waals surface area contributed by atoms with Crippen LogP contribution in [0.5, 0.6) is 0 Å². The molecule has 3 heterocycles. The molecule has 8 nitrogen and oxygen atoms in total. The summed E-state index contributed by atoms with van der Waals surface area (Å²) in [5, 5.41) is 1.18. The Bertz CT molecular complexity index is 1670. The number of benzene rings is 3. The van der Waals surface area contributed by atoms with E-state index >= 15 is 0 Å². The van der Waals surface area contributed by atoms with E-state index in [9.17, 15) is 13.2 Å². The van der Waals surface area contributed by atoms with Crippen LogP contribution in [-0.4, -0.2) is 70.1 Å². The highest BCUT2D eigenvalue weighted by Gasteiger charge is 2.30. The van der Waals surface area contributed by atoms with E-state index in [2.05, 4.69) is 4.90 Å². The minimum Gasteiger partial charge on any atom is -0.379 e. The first-order chi connectivity index (χ1) is 20.3. The zero-order chi connectivity index (χ0) is 29.3. The number of amides is 1. The number of sulfonamides is 1. The zero-order valence-electron chi connectivity index (χ0n) is 23.9. The van der Waals surface area contributed by atoms with Gasteiger partial charge in [0.2, 0.25) is 0 Å². The molecule has 228 valence electrons. The van der Waals surface area contributed by atoms with Gasteiger partial charge in [-0.3, -0.25) is 18.9 Å². The molecule has 2 aliphatic rings. The largest absolute Gasteiger partial charge is 0.379 e. The highest BCUT2D eigenvalue weighted by atomic mass is 35.5. The lowest BCUT2D eigenvalue weighted by Gasteiger charge is -2.30. The fourth-order valence-corrected chi connectivity index (χ4v) is 8.45. The van der Waals surface area contributed by atoms with Crippen molar-refractivity contribution < 1.29 is 17.9 Å². The maximum absolute atomic E-state index is 14.0. The number of morpholine rings is 1. The van der Waals surface area contributed by atoms with E-state index in [0.29, 0.717) is 28.8 Å². The number of thiazole rings is 1. The molecule has 0 saturated carbocycles. The van der Waals surface area contributed by atoms with E-state index < -0.39 is 10.0 Å². The fraction of sp³-hybridized carbons (Fsp3) is 0.355. The smallest absolute Gasteiger partial charge is 0.264 e. The van der Waals surface area contributed by atoms with Crippen LogP contribution >= 0.6 is 35.3 Å². The van der Waals surface area contributed by atoms with Crippen LogP contribution in [0.15, 0.2) is 65.6 Å². The molecule has 12 heteroatoms. The van der Waals surface area contributed by atoms with Gasteiger partial charge in [-0.25, -0.2) is 13.4 Å². The molecular weight excluding hydrogens is 627 g/mol. The number of aromatic nitrogens is 1. The van der Waals surface area contributed by atoms with Crippen molar-refractivity contribution in [1.82, 2.24) is 9.88 Å². The summed E-state index contributed by atoms with van der Waals surface area (Å²) >= 11 is 7.89. The van der Waals surface area contributed by atoms with Gasteiger partial charge < -0.3 is 4.74 Å². The number of halogens is 2. The lowest BCUT2D eigenvalue weighted by atomic mass is 10.0. The van der Waals surface area contributed by atoms with E-state index in [0.717, 1.165) is 79.1 Å². The summed E-state index contributed by atoms with van der Waals surface area (Å²) in [5.41, 5.74) is 3.93. The van der Waals surface area contributed by atoms with Crippen molar-refractivity contribution >= 4 is 72.3 Å². The summed E-state index contributed by atoms with van der Waals surface area (Å²) in [6, 6.07) is 17.7. The van der Waals surface area contributed by atoms with Crippen LogP contribution in [0, 0.1) is 6.92 Å². The molecule has 43 heavy (non-hydrogen) atoms. The molecule has 1 fully saturated rings. The summed E-state index contributed by atoms with van der Waals surface area (Å²) < 4.78 is 35.1. The van der Waals surface area contributed by atoms with Crippen molar-refractivity contribution in [1.29, 1.82) is 0 Å². The summed E-state index contributed by atoms with van der Waals surface area (Å²) in [7, 11) is -3.78. The minimum atomic E-state index is -3.78. The molecule has 4 aromatic rings. The van der Waals surface area contributed by atoms with Gasteiger partial charge in [0.05, 0.1) is 39.0 Å². The van der Waals surface area contributed by atoms with Crippen LogP contribution in [0.3, 0.4) is 0 Å². The monoisotopic (exact) mass is 660 g/mol. The molecule has 2 aliphatic heterocycles. The molecule has 0 bridgehead atoms. The molecular formula is C31H34Cl2N4O4S2. The Labute approximate surface area is 267 Å². The number of carbonyl (C=O) groups excluding carboxylic acids is 1. The van der Waals surface area contributed by atoms with E-state index in [4.69, 9.17) is 21.3 Å². The predicted octanol–water partition coefficient (Wildman–Crippen LogP) is 6.19. The fourth-order valence-electron chi connectivity index (χ4n) is 5.57. The van der Waals surface area contributed by atoms with Gasteiger partial charge in [0.15, 0.2) is 5.13 Å². The lowest BCUT2D eigenvalue weighted by Crippen LogP contribution is -2.39. The lowest BCUT2D eigenvalue weighted by molar-refractivity contribution is 0.0376. The van der Waals surface area contributed by atoms with Crippen LogP contribution in [0.4, 0.5) is 10.8 Å². The number of anilines is 2. The third-order valence-corrected chi connectivity index (χ3v) is 11.2. The average Bonchev–Trinajstić information content (AvgIpc) is 3.48. The van der Waals surface area contributed by atoms with Gasteiger partial charge in [0, 0.05) is 38.3 Å². The number of hydrogen-bond donors (Lipinski definition) is 0. The number of ether oxygens (including phenoxy) is 1. The number of para-hydroxylation sites is 1. The van der Waals surface area contributed by atoms with E-state index in [1.807, 2.05) is 43.3 Å². The topological polar surface area (TPSA) is 83.0 Å². The summed E-state index contributed by atoms with van der Waals surface area (Å²) in [4.78, 5) is 23.0. The second-order valence-electron chi connectivity index (χ2n) is 10.6. The van der Waals surface area contributed by atoms with Crippen LogP contribution in [0.25, 0.3) is 10.2 Å². The summed E-state index contributed by atoms with van der Waals surface area (Å²) in [6.07, 6.45) is 2.38. The Hall–Kier alpha value is -2.73.